The Morgan fingerprint density at radius 1 is 0.286 bits per heavy atom. The molecule has 0 atom stereocenters. The van der Waals surface area contributed by atoms with Gasteiger partial charge in [0.15, 0.2) is 0 Å². The van der Waals surface area contributed by atoms with Crippen molar-refractivity contribution >= 4 is 48.9 Å². The van der Waals surface area contributed by atoms with Gasteiger partial charge in [-0.1, -0.05) is 107 Å². The average molecular weight is 975 g/mol. The zero-order chi connectivity index (χ0) is 34.9. The quantitative estimate of drug-likeness (QED) is 0.159. The molecule has 0 spiro atoms. The van der Waals surface area contributed by atoms with Crippen LogP contribution in [0.3, 0.4) is 0 Å². The smallest absolute Gasteiger partial charge is 0 e. The SMILES string of the molecule is Cc1cc(C)c(-c2[c]c(-c3c(C)cc(C)cc3C)ccc2)c(C)c1.Cc1cc(C)c(-c2[c]c(-c3c(C)cc(C)cc3C)ccc2)c(C)c1.O.O.[OH-].[OH-].[OH-].[OH-].[Sb].[Sb]. The standard InChI is InChI=1S/2C24H25.6H2O.2Sb/c2*1-15-10-17(3)23(18(4)11-15)21-8-7-9-22(14-21)24-19(5)12-16(2)13-20(24)6;;;;;;;;/h2*7-13H,1-6H3;6*1H2;;/p-4. The molecule has 0 aliphatic rings. The Hall–Kier alpha value is -3.28. The summed E-state index contributed by atoms with van der Waals surface area (Å²) >= 11 is 0. The summed E-state index contributed by atoms with van der Waals surface area (Å²) in [5, 5.41) is 0. The summed E-state index contributed by atoms with van der Waals surface area (Å²) in [5.41, 5.74) is 25.8. The summed E-state index contributed by atoms with van der Waals surface area (Å²) in [6.07, 6.45) is 0. The second-order valence-corrected chi connectivity index (χ2v) is 14.1. The third-order valence-electron chi connectivity index (χ3n) is 9.38. The molecule has 0 saturated heterocycles. The van der Waals surface area contributed by atoms with Crippen LogP contribution < -0.4 is 0 Å². The molecule has 0 amide bonds. The Bertz CT molecular complexity index is 1780. The molecule has 0 heterocycles. The zero-order valence-corrected chi connectivity index (χ0v) is 39.9. The first kappa shape index (κ1) is 59.4. The van der Waals surface area contributed by atoms with Gasteiger partial charge in [-0.15, -0.1) is 0 Å². The van der Waals surface area contributed by atoms with Gasteiger partial charge in [0.2, 0.25) is 0 Å². The first-order chi connectivity index (χ1) is 22.7. The molecular weight excluding hydrogens is 916 g/mol. The Kier molecular flexibility index (Phi) is 26.7. The van der Waals surface area contributed by atoms with E-state index in [1.165, 1.54) is 111 Å². The molecule has 8 radical (unpaired) electrons. The van der Waals surface area contributed by atoms with Crippen molar-refractivity contribution in [3.8, 4) is 44.5 Å². The summed E-state index contributed by atoms with van der Waals surface area (Å²) in [4.78, 5) is 0. The molecule has 0 unspecified atom stereocenters. The van der Waals surface area contributed by atoms with Gasteiger partial charge in [0, 0.05) is 48.9 Å². The van der Waals surface area contributed by atoms with Crippen molar-refractivity contribution in [1.82, 2.24) is 0 Å². The second kappa shape index (κ2) is 25.2. The van der Waals surface area contributed by atoms with E-state index in [9.17, 15) is 0 Å². The molecule has 0 fully saturated rings. The number of aryl methyl sites for hydroxylation is 12. The summed E-state index contributed by atoms with van der Waals surface area (Å²) in [5.74, 6) is 0. The van der Waals surface area contributed by atoms with Crippen LogP contribution in [0.15, 0.2) is 84.9 Å². The molecule has 6 rings (SSSR count). The predicted octanol–water partition coefficient (Wildman–Crippen LogP) is 10.2. The van der Waals surface area contributed by atoms with Gasteiger partial charge >= 0.3 is 0 Å². The topological polar surface area (TPSA) is 183 Å². The van der Waals surface area contributed by atoms with Gasteiger partial charge in [0.25, 0.3) is 0 Å². The Morgan fingerprint density at radius 3 is 0.571 bits per heavy atom. The maximum absolute atomic E-state index is 3.68. The van der Waals surface area contributed by atoms with Crippen LogP contribution in [-0.2, 0) is 0 Å². The molecule has 6 nitrogen and oxygen atoms in total. The molecule has 0 bridgehead atoms. The molecule has 300 valence electrons. The second-order valence-electron chi connectivity index (χ2n) is 14.1. The maximum Gasteiger partial charge on any atom is 0 e. The first-order valence-corrected chi connectivity index (χ1v) is 17.1. The van der Waals surface area contributed by atoms with Crippen molar-refractivity contribution in [3.63, 3.8) is 0 Å². The van der Waals surface area contributed by atoms with Crippen LogP contribution in [-0.4, -0.2) is 81.7 Å². The van der Waals surface area contributed by atoms with E-state index in [0.717, 1.165) is 0 Å². The zero-order valence-electron chi connectivity index (χ0n) is 34.8. The average Bonchev–Trinajstić information content (AvgIpc) is 2.96. The fraction of sp³-hybridized carbons (Fsp3) is 0.250. The minimum Gasteiger partial charge on any atom is -0.870 e. The van der Waals surface area contributed by atoms with E-state index in [4.69, 9.17) is 0 Å². The minimum absolute atomic E-state index is 0. The van der Waals surface area contributed by atoms with Crippen LogP contribution in [0.2, 0.25) is 0 Å². The van der Waals surface area contributed by atoms with Crippen molar-refractivity contribution in [1.29, 1.82) is 0 Å². The molecule has 6 aromatic carbocycles. The predicted molar refractivity (Wildman–Crippen MR) is 236 cm³/mol. The van der Waals surface area contributed by atoms with Gasteiger partial charge in [-0.3, -0.25) is 0 Å². The van der Waals surface area contributed by atoms with Gasteiger partial charge < -0.3 is 32.9 Å². The van der Waals surface area contributed by atoms with Crippen LogP contribution in [0.25, 0.3) is 44.5 Å². The van der Waals surface area contributed by atoms with Crippen molar-refractivity contribution < 1.29 is 32.9 Å². The molecule has 0 aromatic heterocycles. The van der Waals surface area contributed by atoms with Crippen molar-refractivity contribution in [2.24, 2.45) is 0 Å². The normalized spacial score (nSPS) is 9.36. The van der Waals surface area contributed by atoms with Crippen molar-refractivity contribution in [2.75, 3.05) is 0 Å². The molecule has 6 aromatic rings. The Morgan fingerprint density at radius 2 is 0.429 bits per heavy atom. The number of benzene rings is 6. The fourth-order valence-electron chi connectivity index (χ4n) is 7.94. The van der Waals surface area contributed by atoms with E-state index < -0.39 is 0 Å². The van der Waals surface area contributed by atoms with Crippen molar-refractivity contribution in [3.05, 3.63) is 164 Å². The molecular formula is C48H58O6Sb2-4. The van der Waals surface area contributed by atoms with Crippen LogP contribution >= 0.6 is 0 Å². The van der Waals surface area contributed by atoms with E-state index in [-0.39, 0.29) is 81.7 Å². The first-order valence-electron chi connectivity index (χ1n) is 17.1. The van der Waals surface area contributed by atoms with Gasteiger partial charge in [-0.25, -0.2) is 0 Å². The number of hydrogen-bond donors (Lipinski definition) is 0. The number of hydrogen-bond acceptors (Lipinski definition) is 4. The molecule has 0 saturated carbocycles. The number of rotatable bonds is 4. The fourth-order valence-corrected chi connectivity index (χ4v) is 7.94. The third kappa shape index (κ3) is 13.4. The van der Waals surface area contributed by atoms with Crippen molar-refractivity contribution in [2.45, 2.75) is 83.1 Å². The van der Waals surface area contributed by atoms with Gasteiger partial charge in [-0.05, 0) is 184 Å². The minimum atomic E-state index is 0. The van der Waals surface area contributed by atoms with E-state index in [1.54, 1.807) is 0 Å². The Balaban J connectivity index is -0.000000422. The van der Waals surface area contributed by atoms with Crippen LogP contribution in [0, 0.1) is 95.2 Å². The summed E-state index contributed by atoms with van der Waals surface area (Å²) < 4.78 is 0. The molecule has 0 aliphatic carbocycles. The van der Waals surface area contributed by atoms with E-state index in [1.807, 2.05) is 0 Å². The molecule has 56 heavy (non-hydrogen) atoms. The van der Waals surface area contributed by atoms with Crippen LogP contribution in [0.4, 0.5) is 0 Å². The monoisotopic (exact) mass is 972 g/mol. The summed E-state index contributed by atoms with van der Waals surface area (Å²) in [6, 6.07) is 38.4. The van der Waals surface area contributed by atoms with E-state index in [0.29, 0.717) is 0 Å². The largest absolute Gasteiger partial charge is 0.870 e. The summed E-state index contributed by atoms with van der Waals surface area (Å²) in [6.45, 7) is 26.2. The maximum atomic E-state index is 3.68. The summed E-state index contributed by atoms with van der Waals surface area (Å²) in [7, 11) is 0. The van der Waals surface area contributed by atoms with Crippen LogP contribution in [0.1, 0.15) is 66.8 Å². The molecule has 8 N–H and O–H groups in total. The molecule has 8 heteroatoms. The van der Waals surface area contributed by atoms with Crippen LogP contribution in [0.5, 0.6) is 0 Å². The third-order valence-corrected chi connectivity index (χ3v) is 9.38. The van der Waals surface area contributed by atoms with Gasteiger partial charge in [-0.2, -0.15) is 0 Å². The van der Waals surface area contributed by atoms with Gasteiger partial charge in [0.1, 0.15) is 0 Å². The van der Waals surface area contributed by atoms with E-state index >= 15 is 0 Å². The molecule has 0 aliphatic heterocycles. The van der Waals surface area contributed by atoms with Gasteiger partial charge in [0.05, 0.1) is 0 Å². The Labute approximate surface area is 370 Å². The van der Waals surface area contributed by atoms with E-state index in [2.05, 4.69) is 180 Å².